The molecule has 23 heavy (non-hydrogen) atoms. The second-order valence-electron chi connectivity index (χ2n) is 6.27. The number of pyridine rings is 1. The van der Waals surface area contributed by atoms with Gasteiger partial charge in [0, 0.05) is 38.0 Å². The van der Waals surface area contributed by atoms with Crippen LogP contribution in [0.2, 0.25) is 5.02 Å². The highest BCUT2D eigenvalue weighted by Crippen LogP contribution is 2.33. The van der Waals surface area contributed by atoms with Crippen LogP contribution in [0.3, 0.4) is 0 Å². The van der Waals surface area contributed by atoms with Crippen LogP contribution in [-0.2, 0) is 4.79 Å². The van der Waals surface area contributed by atoms with Crippen molar-refractivity contribution < 1.29 is 9.18 Å². The Morgan fingerprint density at radius 3 is 2.78 bits per heavy atom. The summed E-state index contributed by atoms with van der Waals surface area (Å²) in [5.41, 5.74) is -0.974. The average Bonchev–Trinajstić information content (AvgIpc) is 3.39. The first-order chi connectivity index (χ1) is 11.0. The minimum atomic E-state index is -1.37. The van der Waals surface area contributed by atoms with E-state index >= 15 is 0 Å². The molecular formula is C16H18ClFN4O. The van der Waals surface area contributed by atoms with Crippen molar-refractivity contribution in [2.24, 2.45) is 5.92 Å². The van der Waals surface area contributed by atoms with E-state index in [0.717, 1.165) is 12.8 Å². The van der Waals surface area contributed by atoms with Crippen LogP contribution in [0.25, 0.3) is 0 Å². The summed E-state index contributed by atoms with van der Waals surface area (Å²) in [7, 11) is 0. The standard InChI is InChI=1S/C16H18ClFN4O/c17-13-7-11(8-19)9-20-14(13)22-5-3-16(18,4-6-22)10-21-15(23)12-1-2-12/h7,9,12H,1-6,10H2,(H,21,23). The smallest absolute Gasteiger partial charge is 0.223 e. The van der Waals surface area contributed by atoms with Gasteiger partial charge in [0.25, 0.3) is 0 Å². The van der Waals surface area contributed by atoms with Crippen LogP contribution >= 0.6 is 11.6 Å². The molecule has 7 heteroatoms. The molecule has 0 aromatic carbocycles. The summed E-state index contributed by atoms with van der Waals surface area (Å²) in [6, 6.07) is 3.55. The number of hydrogen-bond acceptors (Lipinski definition) is 4. The highest BCUT2D eigenvalue weighted by molar-refractivity contribution is 6.33. The Morgan fingerprint density at radius 2 is 2.22 bits per heavy atom. The van der Waals surface area contributed by atoms with Crippen molar-refractivity contribution in [1.82, 2.24) is 10.3 Å². The summed E-state index contributed by atoms with van der Waals surface area (Å²) in [4.78, 5) is 17.8. The van der Waals surface area contributed by atoms with E-state index in [1.807, 2.05) is 11.0 Å². The molecule has 3 rings (SSSR count). The molecule has 1 N–H and O–H groups in total. The number of halogens is 2. The fraction of sp³-hybridized carbons (Fsp3) is 0.562. The Morgan fingerprint density at radius 1 is 1.52 bits per heavy atom. The number of anilines is 1. The lowest BCUT2D eigenvalue weighted by molar-refractivity contribution is -0.123. The number of carbonyl (C=O) groups is 1. The van der Waals surface area contributed by atoms with Crippen molar-refractivity contribution in [3.63, 3.8) is 0 Å². The molecule has 1 saturated carbocycles. The first-order valence-electron chi connectivity index (χ1n) is 7.78. The number of carbonyl (C=O) groups excluding carboxylic acids is 1. The van der Waals surface area contributed by atoms with E-state index in [1.54, 1.807) is 6.07 Å². The number of hydrogen-bond donors (Lipinski definition) is 1. The molecule has 0 radical (unpaired) electrons. The second-order valence-corrected chi connectivity index (χ2v) is 6.68. The maximum Gasteiger partial charge on any atom is 0.223 e. The predicted octanol–water partition coefficient (Wildman–Crippen LogP) is 2.44. The van der Waals surface area contributed by atoms with Gasteiger partial charge in [-0.05, 0) is 18.9 Å². The van der Waals surface area contributed by atoms with Gasteiger partial charge < -0.3 is 10.2 Å². The van der Waals surface area contributed by atoms with E-state index in [0.29, 0.717) is 42.3 Å². The van der Waals surface area contributed by atoms with E-state index in [9.17, 15) is 9.18 Å². The summed E-state index contributed by atoms with van der Waals surface area (Å²) >= 11 is 6.15. The van der Waals surface area contributed by atoms with Crippen molar-refractivity contribution in [2.75, 3.05) is 24.5 Å². The van der Waals surface area contributed by atoms with Gasteiger partial charge in [-0.15, -0.1) is 0 Å². The van der Waals surface area contributed by atoms with E-state index < -0.39 is 5.67 Å². The largest absolute Gasteiger partial charge is 0.355 e. The molecule has 1 aliphatic heterocycles. The Bertz CT molecular complexity index is 648. The maximum atomic E-state index is 14.8. The highest BCUT2D eigenvalue weighted by Gasteiger charge is 2.37. The van der Waals surface area contributed by atoms with Gasteiger partial charge in [0.15, 0.2) is 0 Å². The third kappa shape index (κ3) is 3.73. The molecule has 2 heterocycles. The van der Waals surface area contributed by atoms with E-state index in [2.05, 4.69) is 10.3 Å². The molecule has 1 aromatic heterocycles. The first-order valence-corrected chi connectivity index (χ1v) is 8.16. The molecule has 1 saturated heterocycles. The van der Waals surface area contributed by atoms with Crippen LogP contribution < -0.4 is 10.2 Å². The van der Waals surface area contributed by atoms with Crippen LogP contribution in [-0.4, -0.2) is 36.2 Å². The Labute approximate surface area is 139 Å². The van der Waals surface area contributed by atoms with Crippen molar-refractivity contribution in [2.45, 2.75) is 31.4 Å². The number of nitrogens with one attached hydrogen (secondary N) is 1. The molecule has 0 atom stereocenters. The third-order valence-electron chi connectivity index (χ3n) is 4.44. The normalized spacial score (nSPS) is 20.0. The summed E-state index contributed by atoms with van der Waals surface area (Å²) < 4.78 is 14.8. The number of rotatable bonds is 4. The number of amides is 1. The molecule has 1 aromatic rings. The van der Waals surface area contributed by atoms with Crippen molar-refractivity contribution in [3.8, 4) is 6.07 Å². The lowest BCUT2D eigenvalue weighted by Gasteiger charge is -2.37. The topological polar surface area (TPSA) is 69.0 Å². The second kappa shape index (κ2) is 6.32. The molecule has 122 valence electrons. The molecule has 1 aliphatic carbocycles. The van der Waals surface area contributed by atoms with E-state index in [-0.39, 0.29) is 18.4 Å². The lowest BCUT2D eigenvalue weighted by Crippen LogP contribution is -2.48. The first kappa shape index (κ1) is 16.0. The highest BCUT2D eigenvalue weighted by atomic mass is 35.5. The van der Waals surface area contributed by atoms with Gasteiger partial charge in [-0.1, -0.05) is 11.6 Å². The van der Waals surface area contributed by atoms with Crippen molar-refractivity contribution >= 4 is 23.3 Å². The van der Waals surface area contributed by atoms with Crippen LogP contribution in [0, 0.1) is 17.2 Å². The number of alkyl halides is 1. The lowest BCUT2D eigenvalue weighted by atomic mass is 9.93. The number of nitrogens with zero attached hydrogens (tertiary/aromatic N) is 3. The van der Waals surface area contributed by atoms with Crippen LogP contribution in [0.5, 0.6) is 0 Å². The Balaban J connectivity index is 1.57. The zero-order valence-electron chi connectivity index (χ0n) is 12.7. The zero-order valence-corrected chi connectivity index (χ0v) is 13.4. The van der Waals surface area contributed by atoms with Gasteiger partial charge in [-0.3, -0.25) is 4.79 Å². The van der Waals surface area contributed by atoms with Gasteiger partial charge in [-0.25, -0.2) is 9.37 Å². The van der Waals surface area contributed by atoms with Gasteiger partial charge in [0.2, 0.25) is 5.91 Å². The minimum Gasteiger partial charge on any atom is -0.355 e. The number of aromatic nitrogens is 1. The van der Waals surface area contributed by atoms with Crippen LogP contribution in [0.4, 0.5) is 10.2 Å². The predicted molar refractivity (Wildman–Crippen MR) is 85.0 cm³/mol. The Kier molecular flexibility index (Phi) is 4.40. The maximum absolute atomic E-state index is 14.8. The summed E-state index contributed by atoms with van der Waals surface area (Å²) in [6.45, 7) is 1.04. The van der Waals surface area contributed by atoms with Crippen LogP contribution in [0.1, 0.15) is 31.2 Å². The van der Waals surface area contributed by atoms with Gasteiger partial charge in [0.1, 0.15) is 17.6 Å². The quantitative estimate of drug-likeness (QED) is 0.917. The molecule has 0 unspecified atom stereocenters. The van der Waals surface area contributed by atoms with Crippen LogP contribution in [0.15, 0.2) is 12.3 Å². The molecule has 2 aliphatic rings. The molecule has 2 fully saturated rings. The van der Waals surface area contributed by atoms with E-state index in [1.165, 1.54) is 6.20 Å². The summed E-state index contributed by atoms with van der Waals surface area (Å²) in [5.74, 6) is 0.649. The van der Waals surface area contributed by atoms with Crippen molar-refractivity contribution in [1.29, 1.82) is 5.26 Å². The number of nitriles is 1. The van der Waals surface area contributed by atoms with E-state index in [4.69, 9.17) is 16.9 Å². The monoisotopic (exact) mass is 336 g/mol. The molecule has 0 bridgehead atoms. The summed E-state index contributed by atoms with van der Waals surface area (Å²) in [5, 5.41) is 12.0. The SMILES string of the molecule is N#Cc1cnc(N2CCC(F)(CNC(=O)C3CC3)CC2)c(Cl)c1. The fourth-order valence-corrected chi connectivity index (χ4v) is 3.04. The minimum absolute atomic E-state index is 0.0266. The van der Waals surface area contributed by atoms with Crippen molar-refractivity contribution in [3.05, 3.63) is 22.8 Å². The van der Waals surface area contributed by atoms with Gasteiger partial charge >= 0.3 is 0 Å². The number of piperidine rings is 1. The van der Waals surface area contributed by atoms with Gasteiger partial charge in [0.05, 0.1) is 17.1 Å². The molecule has 1 amide bonds. The third-order valence-corrected chi connectivity index (χ3v) is 4.72. The summed E-state index contributed by atoms with van der Waals surface area (Å²) in [6.07, 6.45) is 3.93. The Hall–Kier alpha value is -1.87. The average molecular weight is 337 g/mol. The fourth-order valence-electron chi connectivity index (χ4n) is 2.76. The van der Waals surface area contributed by atoms with Gasteiger partial charge in [-0.2, -0.15) is 5.26 Å². The molecule has 5 nitrogen and oxygen atoms in total. The zero-order chi connectivity index (χ0) is 16.4. The molecule has 0 spiro atoms. The molecular weight excluding hydrogens is 319 g/mol.